The number of pyridine rings is 1. The van der Waals surface area contributed by atoms with Crippen LogP contribution in [-0.4, -0.2) is 30.5 Å². The predicted molar refractivity (Wildman–Crippen MR) is 98.1 cm³/mol. The largest absolute Gasteiger partial charge is 0.366 e. The Morgan fingerprint density at radius 3 is 2.60 bits per heavy atom. The van der Waals surface area contributed by atoms with Gasteiger partial charge in [-0.25, -0.2) is 13.4 Å². The van der Waals surface area contributed by atoms with Gasteiger partial charge in [-0.3, -0.25) is 9.52 Å². The Kier molecular flexibility index (Phi) is 4.28. The van der Waals surface area contributed by atoms with Gasteiger partial charge in [0, 0.05) is 23.5 Å². The van der Waals surface area contributed by atoms with Gasteiger partial charge < -0.3 is 10.7 Å². The lowest BCUT2D eigenvalue weighted by molar-refractivity contribution is -0.112. The Balaban J connectivity index is 2.20. The Bertz CT molecular complexity index is 1070. The van der Waals surface area contributed by atoms with E-state index in [1.807, 2.05) is 6.07 Å². The van der Waals surface area contributed by atoms with Gasteiger partial charge in [0.25, 0.3) is 0 Å². The van der Waals surface area contributed by atoms with Crippen LogP contribution in [0.3, 0.4) is 0 Å². The number of rotatable bonds is 5. The summed E-state index contributed by atoms with van der Waals surface area (Å²) in [7, 11) is -3.46. The minimum atomic E-state index is -3.46. The van der Waals surface area contributed by atoms with Gasteiger partial charge in [0.2, 0.25) is 15.9 Å². The first-order valence-electron chi connectivity index (χ1n) is 7.36. The lowest BCUT2D eigenvalue weighted by Gasteiger charge is -2.07. The van der Waals surface area contributed by atoms with E-state index in [0.717, 1.165) is 6.26 Å². The number of hydrogen-bond acceptors (Lipinski definition) is 4. The zero-order chi connectivity index (χ0) is 18.0. The van der Waals surface area contributed by atoms with Gasteiger partial charge in [-0.15, -0.1) is 0 Å². The van der Waals surface area contributed by atoms with Crippen molar-refractivity contribution in [2.75, 3.05) is 11.0 Å². The molecule has 8 heteroatoms. The summed E-state index contributed by atoms with van der Waals surface area (Å²) < 4.78 is 25.7. The molecule has 0 radical (unpaired) electrons. The van der Waals surface area contributed by atoms with Gasteiger partial charge in [-0.05, 0) is 17.7 Å². The van der Waals surface area contributed by atoms with Crippen molar-refractivity contribution in [3.63, 3.8) is 0 Å². The number of aromatic amines is 1. The summed E-state index contributed by atoms with van der Waals surface area (Å²) in [5, 5.41) is 0.558. The first-order chi connectivity index (χ1) is 11.8. The molecule has 2 aromatic heterocycles. The zero-order valence-corrected chi connectivity index (χ0v) is 14.2. The van der Waals surface area contributed by atoms with Crippen LogP contribution in [0, 0.1) is 0 Å². The number of nitrogens with one attached hydrogen (secondary N) is 2. The summed E-state index contributed by atoms with van der Waals surface area (Å²) in [5.74, 6) is -0.581. The molecule has 1 aromatic carbocycles. The van der Waals surface area contributed by atoms with Crippen molar-refractivity contribution in [3.05, 3.63) is 59.9 Å². The number of amides is 1. The molecule has 1 amide bonds. The quantitative estimate of drug-likeness (QED) is 0.606. The molecule has 0 unspecified atom stereocenters. The molecule has 3 rings (SSSR count). The number of carbonyl (C=O) groups excluding carboxylic acids is 1. The second kappa shape index (κ2) is 6.40. The van der Waals surface area contributed by atoms with E-state index >= 15 is 0 Å². The molecule has 7 nitrogen and oxygen atoms in total. The number of aromatic nitrogens is 2. The van der Waals surface area contributed by atoms with Crippen LogP contribution in [0.4, 0.5) is 5.69 Å². The van der Waals surface area contributed by atoms with Gasteiger partial charge in [0.15, 0.2) is 0 Å². The van der Waals surface area contributed by atoms with Crippen molar-refractivity contribution in [2.24, 2.45) is 5.73 Å². The number of primary amides is 1. The highest BCUT2D eigenvalue weighted by molar-refractivity contribution is 7.92. The van der Waals surface area contributed by atoms with E-state index in [4.69, 9.17) is 5.73 Å². The van der Waals surface area contributed by atoms with E-state index in [9.17, 15) is 13.2 Å². The molecule has 0 atom stereocenters. The van der Waals surface area contributed by atoms with Crippen LogP contribution in [0.2, 0.25) is 0 Å². The van der Waals surface area contributed by atoms with Gasteiger partial charge in [-0.1, -0.05) is 30.3 Å². The van der Waals surface area contributed by atoms with E-state index in [1.165, 1.54) is 6.20 Å². The average Bonchev–Trinajstić information content (AvgIpc) is 2.96. The Morgan fingerprint density at radius 2 is 1.96 bits per heavy atom. The van der Waals surface area contributed by atoms with Crippen molar-refractivity contribution in [2.45, 2.75) is 0 Å². The molecular weight excluding hydrogens is 340 g/mol. The maximum absolute atomic E-state index is 11.9. The van der Waals surface area contributed by atoms with Crippen molar-refractivity contribution in [3.8, 4) is 0 Å². The fraction of sp³-hybridized carbons (Fsp3) is 0.0588. The predicted octanol–water partition coefficient (Wildman–Crippen LogP) is 1.96. The number of nitrogens with zero attached hydrogens (tertiary/aromatic N) is 1. The number of hydrogen-bond donors (Lipinski definition) is 3. The first kappa shape index (κ1) is 16.7. The standard InChI is InChI=1S/C17H16N4O3S/c1-25(23,24)21-14-7-8-19-17-15(14)12(10-20-17)9-13(16(18)22)11-5-3-2-4-6-11/h2-10H,1H3,(H2,18,22)(H2,19,20,21)/b13-9+. The highest BCUT2D eigenvalue weighted by Gasteiger charge is 2.14. The molecule has 0 fully saturated rings. The van der Waals surface area contributed by atoms with Gasteiger partial charge in [-0.2, -0.15) is 0 Å². The molecule has 128 valence electrons. The number of carbonyl (C=O) groups is 1. The van der Waals surface area contributed by atoms with E-state index in [1.54, 1.807) is 42.6 Å². The molecule has 2 heterocycles. The Hall–Kier alpha value is -3.13. The maximum atomic E-state index is 11.9. The molecule has 0 saturated heterocycles. The van der Waals surface area contributed by atoms with Crippen molar-refractivity contribution in [1.29, 1.82) is 0 Å². The number of nitrogens with two attached hydrogens (primary N) is 1. The smallest absolute Gasteiger partial charge is 0.249 e. The van der Waals surface area contributed by atoms with E-state index in [-0.39, 0.29) is 0 Å². The normalized spacial score (nSPS) is 12.3. The van der Waals surface area contributed by atoms with Crippen LogP contribution < -0.4 is 10.5 Å². The van der Waals surface area contributed by atoms with Crippen LogP contribution in [-0.2, 0) is 14.8 Å². The lowest BCUT2D eigenvalue weighted by atomic mass is 10.0. The monoisotopic (exact) mass is 356 g/mol. The second-order valence-corrected chi connectivity index (χ2v) is 7.24. The molecule has 0 bridgehead atoms. The van der Waals surface area contributed by atoms with Crippen molar-refractivity contribution >= 4 is 44.3 Å². The van der Waals surface area contributed by atoms with Crippen LogP contribution in [0.25, 0.3) is 22.7 Å². The molecule has 0 aliphatic heterocycles. The molecule has 4 N–H and O–H groups in total. The van der Waals surface area contributed by atoms with E-state index in [2.05, 4.69) is 14.7 Å². The fourth-order valence-electron chi connectivity index (χ4n) is 2.55. The third-order valence-corrected chi connectivity index (χ3v) is 4.14. The fourth-order valence-corrected chi connectivity index (χ4v) is 3.12. The third kappa shape index (κ3) is 3.69. The summed E-state index contributed by atoms with van der Waals surface area (Å²) >= 11 is 0. The molecule has 0 aliphatic carbocycles. The summed E-state index contributed by atoms with van der Waals surface area (Å²) in [4.78, 5) is 19.0. The second-order valence-electron chi connectivity index (χ2n) is 5.49. The van der Waals surface area contributed by atoms with Crippen molar-refractivity contribution in [1.82, 2.24) is 9.97 Å². The van der Waals surface area contributed by atoms with Gasteiger partial charge in [0.1, 0.15) is 5.65 Å². The summed E-state index contributed by atoms with van der Waals surface area (Å²) in [6.45, 7) is 0. The molecule has 0 aliphatic rings. The van der Waals surface area contributed by atoms with Gasteiger partial charge >= 0.3 is 0 Å². The topological polar surface area (TPSA) is 118 Å². The summed E-state index contributed by atoms with van der Waals surface area (Å²) in [6, 6.07) is 10.6. The molecular formula is C17H16N4O3S. The summed E-state index contributed by atoms with van der Waals surface area (Å²) in [5.41, 5.74) is 7.98. The minimum absolute atomic E-state index is 0.315. The number of benzene rings is 1. The Morgan fingerprint density at radius 1 is 1.24 bits per heavy atom. The number of sulfonamides is 1. The van der Waals surface area contributed by atoms with Crippen LogP contribution in [0.5, 0.6) is 0 Å². The van der Waals surface area contributed by atoms with Crippen molar-refractivity contribution < 1.29 is 13.2 Å². The molecule has 3 aromatic rings. The van der Waals surface area contributed by atoms with E-state index < -0.39 is 15.9 Å². The SMILES string of the molecule is CS(=O)(=O)Nc1ccnc2[nH]cc(/C=C(/C(N)=O)c3ccccc3)c12. The van der Waals surface area contributed by atoms with Crippen LogP contribution in [0.15, 0.2) is 48.8 Å². The third-order valence-electron chi connectivity index (χ3n) is 3.55. The maximum Gasteiger partial charge on any atom is 0.249 e. The summed E-state index contributed by atoms with van der Waals surface area (Å²) in [6.07, 6.45) is 5.83. The lowest BCUT2D eigenvalue weighted by Crippen LogP contribution is -2.13. The molecule has 0 saturated carbocycles. The molecule has 0 spiro atoms. The first-order valence-corrected chi connectivity index (χ1v) is 9.25. The zero-order valence-electron chi connectivity index (χ0n) is 13.4. The molecule has 25 heavy (non-hydrogen) atoms. The highest BCUT2D eigenvalue weighted by Crippen LogP contribution is 2.29. The van der Waals surface area contributed by atoms with Gasteiger partial charge in [0.05, 0.1) is 17.3 Å². The highest BCUT2D eigenvalue weighted by atomic mass is 32.2. The van der Waals surface area contributed by atoms with E-state index in [0.29, 0.717) is 33.4 Å². The number of H-pyrrole nitrogens is 1. The number of anilines is 1. The van der Waals surface area contributed by atoms with Crippen LogP contribution >= 0.6 is 0 Å². The number of fused-ring (bicyclic) bond motifs is 1. The Labute approximate surface area is 144 Å². The average molecular weight is 356 g/mol. The minimum Gasteiger partial charge on any atom is -0.366 e. The van der Waals surface area contributed by atoms with Crippen LogP contribution in [0.1, 0.15) is 11.1 Å².